The van der Waals surface area contributed by atoms with E-state index in [9.17, 15) is 0 Å². The number of nitrogens with zero attached hydrogens (tertiary/aromatic N) is 4. The lowest BCUT2D eigenvalue weighted by Gasteiger charge is -2.08. The molecule has 0 bridgehead atoms. The Morgan fingerprint density at radius 2 is 2.11 bits per heavy atom. The van der Waals surface area contributed by atoms with Crippen LogP contribution in [0.25, 0.3) is 0 Å². The summed E-state index contributed by atoms with van der Waals surface area (Å²) < 4.78 is 2.10. The second kappa shape index (κ2) is 5.48. The summed E-state index contributed by atoms with van der Waals surface area (Å²) in [6.07, 6.45) is 4.47. The van der Waals surface area contributed by atoms with Gasteiger partial charge in [0.15, 0.2) is 0 Å². The molecule has 0 spiro atoms. The SMILES string of the molecule is CCn1ccnc1Cc1cc(Cl)nc(C(C)C)n1. The summed E-state index contributed by atoms with van der Waals surface area (Å²) in [7, 11) is 0. The molecular formula is C13H17ClN4. The van der Waals surface area contributed by atoms with Gasteiger partial charge in [-0.3, -0.25) is 0 Å². The van der Waals surface area contributed by atoms with Crippen LogP contribution in [-0.4, -0.2) is 19.5 Å². The first-order valence-electron chi connectivity index (χ1n) is 6.13. The molecule has 2 aromatic heterocycles. The third-order valence-corrected chi connectivity index (χ3v) is 2.96. The normalized spacial score (nSPS) is 11.2. The fourth-order valence-corrected chi connectivity index (χ4v) is 2.00. The Balaban J connectivity index is 2.29. The van der Waals surface area contributed by atoms with Crippen LogP contribution in [0.1, 0.15) is 44.0 Å². The van der Waals surface area contributed by atoms with Crippen LogP contribution in [0.2, 0.25) is 5.15 Å². The van der Waals surface area contributed by atoms with E-state index in [2.05, 4.69) is 40.3 Å². The van der Waals surface area contributed by atoms with Gasteiger partial charge in [-0.15, -0.1) is 0 Å². The summed E-state index contributed by atoms with van der Waals surface area (Å²) in [5.41, 5.74) is 0.916. The monoisotopic (exact) mass is 264 g/mol. The van der Waals surface area contributed by atoms with Crippen molar-refractivity contribution in [3.8, 4) is 0 Å². The Morgan fingerprint density at radius 3 is 2.78 bits per heavy atom. The number of hydrogen-bond donors (Lipinski definition) is 0. The van der Waals surface area contributed by atoms with Gasteiger partial charge in [-0.25, -0.2) is 15.0 Å². The fourth-order valence-electron chi connectivity index (χ4n) is 1.79. The van der Waals surface area contributed by atoms with Crippen molar-refractivity contribution in [3.05, 3.63) is 41.0 Å². The molecule has 0 amide bonds. The van der Waals surface area contributed by atoms with Gasteiger partial charge >= 0.3 is 0 Å². The van der Waals surface area contributed by atoms with Crippen molar-refractivity contribution in [2.75, 3.05) is 0 Å². The second-order valence-corrected chi connectivity index (χ2v) is 4.89. The molecule has 0 aromatic carbocycles. The lowest BCUT2D eigenvalue weighted by atomic mass is 10.2. The smallest absolute Gasteiger partial charge is 0.133 e. The lowest BCUT2D eigenvalue weighted by molar-refractivity contribution is 0.700. The van der Waals surface area contributed by atoms with Crippen LogP contribution in [0, 0.1) is 0 Å². The van der Waals surface area contributed by atoms with Gasteiger partial charge < -0.3 is 4.57 Å². The summed E-state index contributed by atoms with van der Waals surface area (Å²) in [5, 5.41) is 0.498. The largest absolute Gasteiger partial charge is 0.335 e. The van der Waals surface area contributed by atoms with Crippen LogP contribution in [-0.2, 0) is 13.0 Å². The third-order valence-electron chi connectivity index (χ3n) is 2.76. The standard InChI is InChI=1S/C13H17ClN4/c1-4-18-6-5-15-12(18)8-10-7-11(14)17-13(16-10)9(2)3/h5-7,9H,4,8H2,1-3H3. The van der Waals surface area contributed by atoms with Gasteiger partial charge in [0, 0.05) is 31.3 Å². The topological polar surface area (TPSA) is 43.6 Å². The first-order valence-corrected chi connectivity index (χ1v) is 6.51. The number of hydrogen-bond acceptors (Lipinski definition) is 3. The van der Waals surface area contributed by atoms with E-state index in [0.717, 1.165) is 23.9 Å². The highest BCUT2D eigenvalue weighted by molar-refractivity contribution is 6.29. The van der Waals surface area contributed by atoms with E-state index < -0.39 is 0 Å². The number of aryl methyl sites for hydroxylation is 1. The van der Waals surface area contributed by atoms with Crippen LogP contribution in [0.15, 0.2) is 18.5 Å². The number of halogens is 1. The molecule has 0 radical (unpaired) electrons. The first kappa shape index (κ1) is 13.0. The molecular weight excluding hydrogens is 248 g/mol. The van der Waals surface area contributed by atoms with Gasteiger partial charge in [0.1, 0.15) is 16.8 Å². The van der Waals surface area contributed by atoms with Crippen LogP contribution in [0.4, 0.5) is 0 Å². The van der Waals surface area contributed by atoms with Gasteiger partial charge in [0.05, 0.1) is 5.69 Å². The molecule has 0 aliphatic heterocycles. The zero-order chi connectivity index (χ0) is 13.1. The number of rotatable bonds is 4. The zero-order valence-corrected chi connectivity index (χ0v) is 11.6. The van der Waals surface area contributed by atoms with E-state index in [1.54, 1.807) is 0 Å². The van der Waals surface area contributed by atoms with Gasteiger partial charge in [-0.1, -0.05) is 25.4 Å². The molecule has 0 unspecified atom stereocenters. The van der Waals surface area contributed by atoms with Crippen LogP contribution < -0.4 is 0 Å². The quantitative estimate of drug-likeness (QED) is 0.797. The second-order valence-electron chi connectivity index (χ2n) is 4.50. The van der Waals surface area contributed by atoms with E-state index in [0.29, 0.717) is 11.6 Å². The molecule has 18 heavy (non-hydrogen) atoms. The third kappa shape index (κ3) is 2.88. The van der Waals surface area contributed by atoms with Crippen molar-refractivity contribution in [1.29, 1.82) is 0 Å². The minimum absolute atomic E-state index is 0.272. The Morgan fingerprint density at radius 1 is 1.33 bits per heavy atom. The number of aromatic nitrogens is 4. The maximum Gasteiger partial charge on any atom is 0.133 e. The summed E-state index contributed by atoms with van der Waals surface area (Å²) in [4.78, 5) is 13.1. The summed E-state index contributed by atoms with van der Waals surface area (Å²) in [5.74, 6) is 2.06. The molecule has 0 aliphatic carbocycles. The maximum absolute atomic E-state index is 6.03. The minimum Gasteiger partial charge on any atom is -0.335 e. The van der Waals surface area contributed by atoms with Gasteiger partial charge in [-0.2, -0.15) is 0 Å². The van der Waals surface area contributed by atoms with Crippen LogP contribution >= 0.6 is 11.6 Å². The molecule has 0 saturated heterocycles. The zero-order valence-electron chi connectivity index (χ0n) is 10.9. The average molecular weight is 265 g/mol. The number of imidazole rings is 1. The van der Waals surface area contributed by atoms with E-state index >= 15 is 0 Å². The Hall–Kier alpha value is -1.42. The van der Waals surface area contributed by atoms with E-state index in [-0.39, 0.29) is 5.92 Å². The fraction of sp³-hybridized carbons (Fsp3) is 0.462. The molecule has 4 nitrogen and oxygen atoms in total. The van der Waals surface area contributed by atoms with Gasteiger partial charge in [-0.05, 0) is 13.0 Å². The van der Waals surface area contributed by atoms with E-state index in [4.69, 9.17) is 11.6 Å². The van der Waals surface area contributed by atoms with Crippen molar-refractivity contribution in [2.24, 2.45) is 0 Å². The minimum atomic E-state index is 0.272. The molecule has 0 atom stereocenters. The Labute approximate surface area is 112 Å². The molecule has 0 fully saturated rings. The van der Waals surface area contributed by atoms with Crippen LogP contribution in [0.3, 0.4) is 0 Å². The molecule has 2 aromatic rings. The summed E-state index contributed by atoms with van der Waals surface area (Å²) in [6.45, 7) is 7.12. The van der Waals surface area contributed by atoms with Crippen molar-refractivity contribution in [2.45, 2.75) is 39.7 Å². The first-order chi connectivity index (χ1) is 8.60. The molecule has 0 saturated carbocycles. The Kier molecular flexibility index (Phi) is 3.97. The van der Waals surface area contributed by atoms with Gasteiger partial charge in [0.25, 0.3) is 0 Å². The predicted molar refractivity (Wildman–Crippen MR) is 71.8 cm³/mol. The molecule has 0 N–H and O–H groups in total. The molecule has 2 heterocycles. The van der Waals surface area contributed by atoms with Crippen LogP contribution in [0.5, 0.6) is 0 Å². The highest BCUT2D eigenvalue weighted by Crippen LogP contribution is 2.16. The Bertz CT molecular complexity index is 534. The maximum atomic E-state index is 6.03. The molecule has 96 valence electrons. The highest BCUT2D eigenvalue weighted by Gasteiger charge is 2.09. The van der Waals surface area contributed by atoms with Crippen molar-refractivity contribution in [3.63, 3.8) is 0 Å². The van der Waals surface area contributed by atoms with Gasteiger partial charge in [0.2, 0.25) is 0 Å². The molecule has 5 heteroatoms. The van der Waals surface area contributed by atoms with Crippen molar-refractivity contribution in [1.82, 2.24) is 19.5 Å². The average Bonchev–Trinajstić information content (AvgIpc) is 2.75. The molecule has 2 rings (SSSR count). The highest BCUT2D eigenvalue weighted by atomic mass is 35.5. The van der Waals surface area contributed by atoms with E-state index in [1.165, 1.54) is 0 Å². The predicted octanol–water partition coefficient (Wildman–Crippen LogP) is 3.06. The van der Waals surface area contributed by atoms with E-state index in [1.807, 2.05) is 18.5 Å². The molecule has 0 aliphatic rings. The lowest BCUT2D eigenvalue weighted by Crippen LogP contribution is -2.06. The van der Waals surface area contributed by atoms with Crippen molar-refractivity contribution >= 4 is 11.6 Å². The summed E-state index contributed by atoms with van der Waals surface area (Å²) in [6, 6.07) is 1.81. The van der Waals surface area contributed by atoms with Crippen molar-refractivity contribution < 1.29 is 0 Å². The summed E-state index contributed by atoms with van der Waals surface area (Å²) >= 11 is 6.03.